The molecule has 1 aromatic carbocycles. The van der Waals surface area contributed by atoms with Crippen LogP contribution in [0.1, 0.15) is 30.9 Å². The third kappa shape index (κ3) is 2.83. The summed E-state index contributed by atoms with van der Waals surface area (Å²) in [4.78, 5) is 2.33. The van der Waals surface area contributed by atoms with Crippen molar-refractivity contribution in [2.24, 2.45) is 0 Å². The number of nitrogens with zero attached hydrogens (tertiary/aromatic N) is 1. The van der Waals surface area contributed by atoms with Crippen molar-refractivity contribution in [2.45, 2.75) is 31.3 Å². The van der Waals surface area contributed by atoms with Gasteiger partial charge in [0.25, 0.3) is 0 Å². The van der Waals surface area contributed by atoms with Gasteiger partial charge in [-0.3, -0.25) is 0 Å². The molecule has 1 heterocycles. The minimum Gasteiger partial charge on any atom is -0.314 e. The first-order chi connectivity index (χ1) is 7.77. The summed E-state index contributed by atoms with van der Waals surface area (Å²) in [6.45, 7) is 1.19. The van der Waals surface area contributed by atoms with Gasteiger partial charge in [0.15, 0.2) is 0 Å². The Bertz CT molecular complexity index is 302. The Balaban J connectivity index is 2.05. The Kier molecular flexibility index (Phi) is 3.97. The van der Waals surface area contributed by atoms with E-state index in [1.54, 1.807) is 0 Å². The predicted molar refractivity (Wildman–Crippen MR) is 68.5 cm³/mol. The smallest absolute Gasteiger partial charge is 0.0356 e. The summed E-state index contributed by atoms with van der Waals surface area (Å²) in [5, 5.41) is 3.59. The highest BCUT2D eigenvalue weighted by atomic mass is 15.1. The molecule has 1 aliphatic heterocycles. The predicted octanol–water partition coefficient (Wildman–Crippen LogP) is 2.43. The molecule has 0 aliphatic carbocycles. The second kappa shape index (κ2) is 5.46. The second-order valence-corrected chi connectivity index (χ2v) is 4.92. The fourth-order valence-corrected chi connectivity index (χ4v) is 2.55. The van der Waals surface area contributed by atoms with Gasteiger partial charge in [0, 0.05) is 12.1 Å². The molecule has 1 aliphatic rings. The monoisotopic (exact) mass is 218 g/mol. The van der Waals surface area contributed by atoms with Gasteiger partial charge >= 0.3 is 0 Å². The zero-order valence-corrected chi connectivity index (χ0v) is 10.3. The Morgan fingerprint density at radius 1 is 1.31 bits per heavy atom. The van der Waals surface area contributed by atoms with Crippen LogP contribution in [0, 0.1) is 0 Å². The van der Waals surface area contributed by atoms with Crippen LogP contribution in [-0.2, 0) is 0 Å². The molecule has 16 heavy (non-hydrogen) atoms. The average Bonchev–Trinajstić information content (AvgIpc) is 2.79. The first-order valence-electron chi connectivity index (χ1n) is 6.22. The highest BCUT2D eigenvalue weighted by Gasteiger charge is 2.21. The van der Waals surface area contributed by atoms with Crippen molar-refractivity contribution in [1.29, 1.82) is 0 Å². The molecule has 2 heteroatoms. The van der Waals surface area contributed by atoms with Crippen molar-refractivity contribution < 1.29 is 0 Å². The molecular formula is C14H22N2. The molecule has 0 aromatic heterocycles. The van der Waals surface area contributed by atoms with E-state index in [2.05, 4.69) is 54.6 Å². The van der Waals surface area contributed by atoms with Crippen molar-refractivity contribution in [3.8, 4) is 0 Å². The van der Waals surface area contributed by atoms with E-state index >= 15 is 0 Å². The summed E-state index contributed by atoms with van der Waals surface area (Å²) in [7, 11) is 4.35. The van der Waals surface area contributed by atoms with Crippen LogP contribution < -0.4 is 5.32 Å². The van der Waals surface area contributed by atoms with Crippen molar-refractivity contribution >= 4 is 0 Å². The first kappa shape index (κ1) is 11.6. The van der Waals surface area contributed by atoms with Crippen LogP contribution in [0.3, 0.4) is 0 Å². The molecule has 1 aromatic rings. The molecule has 88 valence electrons. The van der Waals surface area contributed by atoms with E-state index in [-0.39, 0.29) is 0 Å². The number of hydrogen-bond acceptors (Lipinski definition) is 2. The molecule has 1 N–H and O–H groups in total. The van der Waals surface area contributed by atoms with E-state index in [0.717, 1.165) is 0 Å². The zero-order valence-electron chi connectivity index (χ0n) is 10.3. The standard InChI is InChI=1S/C14H22N2/c1-16(2)14(11-13-9-6-10-15-13)12-7-4-3-5-8-12/h3-5,7-8,13-15H,6,9-11H2,1-2H3. The maximum absolute atomic E-state index is 3.59. The van der Waals surface area contributed by atoms with E-state index in [1.165, 1.54) is 31.4 Å². The molecule has 0 bridgehead atoms. The molecule has 1 fully saturated rings. The quantitative estimate of drug-likeness (QED) is 0.835. The topological polar surface area (TPSA) is 15.3 Å². The largest absolute Gasteiger partial charge is 0.314 e. The van der Waals surface area contributed by atoms with Crippen LogP contribution >= 0.6 is 0 Å². The van der Waals surface area contributed by atoms with Crippen LogP contribution in [0.15, 0.2) is 30.3 Å². The minimum absolute atomic E-state index is 0.539. The lowest BCUT2D eigenvalue weighted by Crippen LogP contribution is -2.29. The van der Waals surface area contributed by atoms with Crippen LogP contribution in [0.5, 0.6) is 0 Å². The number of rotatable bonds is 4. The van der Waals surface area contributed by atoms with Gasteiger partial charge in [0.05, 0.1) is 0 Å². The molecule has 0 saturated carbocycles. The van der Waals surface area contributed by atoms with Crippen LogP contribution in [0.2, 0.25) is 0 Å². The van der Waals surface area contributed by atoms with E-state index in [9.17, 15) is 0 Å². The van der Waals surface area contributed by atoms with Crippen LogP contribution in [0.4, 0.5) is 0 Å². The summed E-state index contributed by atoms with van der Waals surface area (Å²) in [6, 6.07) is 12.1. The minimum atomic E-state index is 0.539. The molecule has 2 nitrogen and oxygen atoms in total. The van der Waals surface area contributed by atoms with Crippen molar-refractivity contribution in [3.63, 3.8) is 0 Å². The molecule has 1 saturated heterocycles. The lowest BCUT2D eigenvalue weighted by molar-refractivity contribution is 0.263. The van der Waals surface area contributed by atoms with Gasteiger partial charge in [-0.2, -0.15) is 0 Å². The fraction of sp³-hybridized carbons (Fsp3) is 0.571. The van der Waals surface area contributed by atoms with Gasteiger partial charge in [-0.1, -0.05) is 30.3 Å². The molecule has 2 rings (SSSR count). The first-order valence-corrected chi connectivity index (χ1v) is 6.22. The molecule has 0 amide bonds. The highest BCUT2D eigenvalue weighted by molar-refractivity contribution is 5.19. The highest BCUT2D eigenvalue weighted by Crippen LogP contribution is 2.25. The van der Waals surface area contributed by atoms with Crippen LogP contribution in [-0.4, -0.2) is 31.6 Å². The van der Waals surface area contributed by atoms with Gasteiger partial charge in [-0.25, -0.2) is 0 Å². The summed E-state index contributed by atoms with van der Waals surface area (Å²) in [5.74, 6) is 0. The molecule has 0 radical (unpaired) electrons. The molecule has 2 unspecified atom stereocenters. The second-order valence-electron chi connectivity index (χ2n) is 4.92. The summed E-state index contributed by atoms with van der Waals surface area (Å²) < 4.78 is 0. The third-order valence-corrected chi connectivity index (χ3v) is 3.48. The number of benzene rings is 1. The van der Waals surface area contributed by atoms with Gasteiger partial charge < -0.3 is 10.2 Å². The normalized spacial score (nSPS) is 22.6. The van der Waals surface area contributed by atoms with E-state index in [0.29, 0.717) is 12.1 Å². The van der Waals surface area contributed by atoms with E-state index in [4.69, 9.17) is 0 Å². The zero-order chi connectivity index (χ0) is 11.4. The maximum Gasteiger partial charge on any atom is 0.0356 e. The van der Waals surface area contributed by atoms with Crippen LogP contribution in [0.25, 0.3) is 0 Å². The fourth-order valence-electron chi connectivity index (χ4n) is 2.55. The van der Waals surface area contributed by atoms with Gasteiger partial charge in [-0.15, -0.1) is 0 Å². The maximum atomic E-state index is 3.59. The lowest BCUT2D eigenvalue weighted by atomic mass is 9.97. The van der Waals surface area contributed by atoms with E-state index < -0.39 is 0 Å². The van der Waals surface area contributed by atoms with Crippen molar-refractivity contribution in [3.05, 3.63) is 35.9 Å². The van der Waals surface area contributed by atoms with E-state index in [1.807, 2.05) is 0 Å². The summed E-state index contributed by atoms with van der Waals surface area (Å²) in [6.07, 6.45) is 3.88. The van der Waals surface area contributed by atoms with Crippen molar-refractivity contribution in [2.75, 3.05) is 20.6 Å². The van der Waals surface area contributed by atoms with Gasteiger partial charge in [0.2, 0.25) is 0 Å². The Hall–Kier alpha value is -0.860. The molecule has 2 atom stereocenters. The average molecular weight is 218 g/mol. The summed E-state index contributed by atoms with van der Waals surface area (Å²) >= 11 is 0. The summed E-state index contributed by atoms with van der Waals surface area (Å²) in [5.41, 5.74) is 1.43. The number of nitrogens with one attached hydrogen (secondary N) is 1. The third-order valence-electron chi connectivity index (χ3n) is 3.48. The lowest BCUT2D eigenvalue weighted by Gasteiger charge is -2.27. The molecular weight excluding hydrogens is 196 g/mol. The number of hydrogen-bond donors (Lipinski definition) is 1. The van der Waals surface area contributed by atoms with Gasteiger partial charge in [0.1, 0.15) is 0 Å². The van der Waals surface area contributed by atoms with Gasteiger partial charge in [-0.05, 0) is 45.5 Å². The van der Waals surface area contributed by atoms with Crippen molar-refractivity contribution in [1.82, 2.24) is 10.2 Å². The molecule has 0 spiro atoms. The SMILES string of the molecule is CN(C)C(CC1CCCN1)c1ccccc1. The Morgan fingerprint density at radius 2 is 2.06 bits per heavy atom. The Morgan fingerprint density at radius 3 is 2.62 bits per heavy atom. The Labute approximate surface area is 98.7 Å².